The largest absolute Gasteiger partial charge is 0.323 e. The molecule has 0 spiro atoms. The first-order valence-electron chi connectivity index (χ1n) is 4.41. The van der Waals surface area contributed by atoms with Crippen LogP contribution in [0.15, 0.2) is 33.1 Å². The molecular weight excluding hydrogens is 228 g/mol. The van der Waals surface area contributed by atoms with Crippen molar-refractivity contribution < 1.29 is 0 Å². The zero-order valence-electron chi connectivity index (χ0n) is 8.12. The van der Waals surface area contributed by atoms with Crippen molar-refractivity contribution in [1.29, 1.82) is 0 Å². The van der Waals surface area contributed by atoms with E-state index in [0.717, 1.165) is 14.9 Å². The summed E-state index contributed by atoms with van der Waals surface area (Å²) >= 11 is 3.07. The van der Waals surface area contributed by atoms with Gasteiger partial charge < -0.3 is 5.73 Å². The number of hydrogen-bond donors (Lipinski definition) is 1. The summed E-state index contributed by atoms with van der Waals surface area (Å²) in [5.41, 5.74) is 8.32. The molecular formula is C9H10N4S2. The van der Waals surface area contributed by atoms with Crippen LogP contribution in [0.25, 0.3) is 0 Å². The van der Waals surface area contributed by atoms with Crippen molar-refractivity contribution in [3.63, 3.8) is 0 Å². The molecule has 0 aromatic carbocycles. The number of aromatic nitrogens is 3. The summed E-state index contributed by atoms with van der Waals surface area (Å²) < 4.78 is 0.922. The summed E-state index contributed by atoms with van der Waals surface area (Å²) in [5.74, 6) is 0. The molecule has 78 valence electrons. The van der Waals surface area contributed by atoms with Crippen LogP contribution in [0.4, 0.5) is 0 Å². The highest BCUT2D eigenvalue weighted by Crippen LogP contribution is 2.27. The van der Waals surface area contributed by atoms with Gasteiger partial charge in [-0.2, -0.15) is 0 Å². The maximum absolute atomic E-state index is 5.71. The van der Waals surface area contributed by atoms with E-state index in [2.05, 4.69) is 15.2 Å². The molecule has 2 aromatic heterocycles. The number of nitrogens with two attached hydrogens (primary N) is 1. The standard InChI is InChI=1S/C9H10N4S2/c1-6(10)8-3-2-7(4-11-8)15-9-13-12-5-14-9/h2-6H,10H2,1H3/t6-/m0/s1. The molecule has 0 saturated carbocycles. The molecule has 15 heavy (non-hydrogen) atoms. The Morgan fingerprint density at radius 3 is 2.87 bits per heavy atom. The van der Waals surface area contributed by atoms with Crippen LogP contribution in [-0.4, -0.2) is 15.2 Å². The zero-order chi connectivity index (χ0) is 10.7. The lowest BCUT2D eigenvalue weighted by Gasteiger charge is -2.04. The van der Waals surface area contributed by atoms with E-state index >= 15 is 0 Å². The fourth-order valence-electron chi connectivity index (χ4n) is 1.03. The summed E-state index contributed by atoms with van der Waals surface area (Å²) in [5, 5.41) is 7.72. The Hall–Kier alpha value is -0.980. The fraction of sp³-hybridized carbons (Fsp3) is 0.222. The van der Waals surface area contributed by atoms with Crippen LogP contribution in [0.2, 0.25) is 0 Å². The van der Waals surface area contributed by atoms with Crippen molar-refractivity contribution in [1.82, 2.24) is 15.2 Å². The van der Waals surface area contributed by atoms with Crippen molar-refractivity contribution in [2.75, 3.05) is 0 Å². The molecule has 0 amide bonds. The Kier molecular flexibility index (Phi) is 3.30. The molecule has 2 aromatic rings. The minimum Gasteiger partial charge on any atom is -0.323 e. The highest BCUT2D eigenvalue weighted by Gasteiger charge is 2.03. The number of hydrogen-bond acceptors (Lipinski definition) is 6. The molecule has 0 fully saturated rings. The monoisotopic (exact) mass is 238 g/mol. The lowest BCUT2D eigenvalue weighted by Crippen LogP contribution is -2.06. The lowest BCUT2D eigenvalue weighted by molar-refractivity contribution is 0.777. The van der Waals surface area contributed by atoms with Gasteiger partial charge in [0.15, 0.2) is 4.34 Å². The van der Waals surface area contributed by atoms with Gasteiger partial charge in [0.1, 0.15) is 5.51 Å². The third-order valence-electron chi connectivity index (χ3n) is 1.77. The molecule has 0 aliphatic carbocycles. The Balaban J connectivity index is 2.11. The molecule has 6 heteroatoms. The van der Waals surface area contributed by atoms with E-state index in [-0.39, 0.29) is 6.04 Å². The molecule has 0 saturated heterocycles. The Morgan fingerprint density at radius 2 is 2.33 bits per heavy atom. The van der Waals surface area contributed by atoms with Gasteiger partial charge >= 0.3 is 0 Å². The summed E-state index contributed by atoms with van der Waals surface area (Å²) in [6.45, 7) is 1.92. The van der Waals surface area contributed by atoms with Gasteiger partial charge in [0, 0.05) is 17.1 Å². The van der Waals surface area contributed by atoms with Gasteiger partial charge in [-0.1, -0.05) is 23.1 Å². The first kappa shape index (κ1) is 10.5. The average molecular weight is 238 g/mol. The predicted octanol–water partition coefficient (Wildman–Crippen LogP) is 2.10. The zero-order valence-corrected chi connectivity index (χ0v) is 9.76. The van der Waals surface area contributed by atoms with Crippen molar-refractivity contribution >= 4 is 23.1 Å². The molecule has 2 rings (SSSR count). The van der Waals surface area contributed by atoms with Crippen LogP contribution in [-0.2, 0) is 0 Å². The highest BCUT2D eigenvalue weighted by atomic mass is 32.2. The van der Waals surface area contributed by atoms with Gasteiger partial charge in [-0.05, 0) is 19.1 Å². The first-order chi connectivity index (χ1) is 7.25. The van der Waals surface area contributed by atoms with Gasteiger partial charge in [0.25, 0.3) is 0 Å². The average Bonchev–Trinajstić information content (AvgIpc) is 2.71. The van der Waals surface area contributed by atoms with Crippen LogP contribution in [0.5, 0.6) is 0 Å². The summed E-state index contributed by atoms with van der Waals surface area (Å²) in [7, 11) is 0. The predicted molar refractivity (Wildman–Crippen MR) is 60.9 cm³/mol. The van der Waals surface area contributed by atoms with Crippen LogP contribution in [0.1, 0.15) is 18.7 Å². The molecule has 2 heterocycles. The Bertz CT molecular complexity index is 410. The second kappa shape index (κ2) is 4.69. The summed E-state index contributed by atoms with van der Waals surface area (Å²) in [4.78, 5) is 5.32. The second-order valence-corrected chi connectivity index (χ2v) is 5.17. The van der Waals surface area contributed by atoms with Gasteiger partial charge in [-0.3, -0.25) is 4.98 Å². The van der Waals surface area contributed by atoms with Crippen LogP contribution >= 0.6 is 23.1 Å². The molecule has 0 aliphatic rings. The third-order valence-corrected chi connectivity index (χ3v) is 3.53. The molecule has 4 nitrogen and oxygen atoms in total. The molecule has 0 aliphatic heterocycles. The minimum absolute atomic E-state index is 0.0226. The first-order valence-corrected chi connectivity index (χ1v) is 6.11. The van der Waals surface area contributed by atoms with Crippen LogP contribution in [0.3, 0.4) is 0 Å². The summed E-state index contributed by atoms with van der Waals surface area (Å²) in [6, 6.07) is 3.91. The number of rotatable bonds is 3. The molecule has 0 radical (unpaired) electrons. The van der Waals surface area contributed by atoms with Crippen molar-refractivity contribution in [3.05, 3.63) is 29.5 Å². The lowest BCUT2D eigenvalue weighted by atomic mass is 10.2. The summed E-state index contributed by atoms with van der Waals surface area (Å²) in [6.07, 6.45) is 1.81. The van der Waals surface area contributed by atoms with E-state index in [0.29, 0.717) is 0 Å². The SMILES string of the molecule is C[C@H](N)c1ccc(Sc2nncs2)cn1. The van der Waals surface area contributed by atoms with Gasteiger partial charge in [0.2, 0.25) is 0 Å². The molecule has 1 atom stereocenters. The smallest absolute Gasteiger partial charge is 0.178 e. The molecule has 0 unspecified atom stereocenters. The third kappa shape index (κ3) is 2.74. The van der Waals surface area contributed by atoms with E-state index < -0.39 is 0 Å². The second-order valence-electron chi connectivity index (χ2n) is 3.01. The number of pyridine rings is 1. The fourth-order valence-corrected chi connectivity index (χ4v) is 2.45. The van der Waals surface area contributed by atoms with Crippen molar-refractivity contribution in [2.45, 2.75) is 22.2 Å². The topological polar surface area (TPSA) is 64.7 Å². The molecule has 0 bridgehead atoms. The maximum Gasteiger partial charge on any atom is 0.178 e. The van der Waals surface area contributed by atoms with Crippen LogP contribution < -0.4 is 5.73 Å². The normalized spacial score (nSPS) is 12.7. The van der Waals surface area contributed by atoms with Crippen molar-refractivity contribution in [2.24, 2.45) is 5.73 Å². The van der Waals surface area contributed by atoms with Gasteiger partial charge in [-0.15, -0.1) is 10.2 Å². The van der Waals surface area contributed by atoms with E-state index in [9.17, 15) is 0 Å². The quantitative estimate of drug-likeness (QED) is 0.887. The van der Waals surface area contributed by atoms with Gasteiger partial charge in [-0.25, -0.2) is 0 Å². The Labute approximate surface area is 95.9 Å². The van der Waals surface area contributed by atoms with Gasteiger partial charge in [0.05, 0.1) is 5.69 Å². The Morgan fingerprint density at radius 1 is 1.47 bits per heavy atom. The van der Waals surface area contributed by atoms with Crippen LogP contribution in [0, 0.1) is 0 Å². The highest BCUT2D eigenvalue weighted by molar-refractivity contribution is 8.01. The van der Waals surface area contributed by atoms with Crippen molar-refractivity contribution in [3.8, 4) is 0 Å². The maximum atomic E-state index is 5.71. The minimum atomic E-state index is -0.0226. The number of nitrogens with zero attached hydrogens (tertiary/aromatic N) is 3. The molecule has 2 N–H and O–H groups in total. The van der Waals surface area contributed by atoms with E-state index in [1.54, 1.807) is 17.3 Å². The van der Waals surface area contributed by atoms with E-state index in [1.165, 1.54) is 11.3 Å². The van der Waals surface area contributed by atoms with E-state index in [1.807, 2.05) is 25.3 Å². The van der Waals surface area contributed by atoms with E-state index in [4.69, 9.17) is 5.73 Å².